The number of rotatable bonds is 9. The van der Waals surface area contributed by atoms with Gasteiger partial charge in [0, 0.05) is 19.2 Å². The van der Waals surface area contributed by atoms with E-state index in [2.05, 4.69) is 37.4 Å². The molecule has 2 heteroatoms. The molecule has 0 bridgehead atoms. The molecule has 0 radical (unpaired) electrons. The molecule has 1 rings (SSSR count). The summed E-state index contributed by atoms with van der Waals surface area (Å²) in [5.74, 6) is 0. The molecule has 134 valence electrons. The summed E-state index contributed by atoms with van der Waals surface area (Å²) < 4.78 is 0. The van der Waals surface area contributed by atoms with Gasteiger partial charge in [0.15, 0.2) is 0 Å². The average molecular weight is 322 g/mol. The van der Waals surface area contributed by atoms with E-state index in [4.69, 9.17) is 0 Å². The summed E-state index contributed by atoms with van der Waals surface area (Å²) in [6.45, 7) is 10.3. The van der Waals surface area contributed by atoms with Crippen molar-refractivity contribution in [2.24, 2.45) is 0 Å². The predicted octanol–water partition coefficient (Wildman–Crippen LogP) is 6.43. The van der Waals surface area contributed by atoms with E-state index in [1.165, 1.54) is 56.2 Å². The highest BCUT2D eigenvalue weighted by molar-refractivity contribution is 5.54. The largest absolute Gasteiger partial charge is 0.388 e. The van der Waals surface area contributed by atoms with Gasteiger partial charge in [-0.1, -0.05) is 72.4 Å². The molecule has 1 aromatic rings. The van der Waals surface area contributed by atoms with Crippen molar-refractivity contribution < 1.29 is 4.79 Å². The third-order valence-corrected chi connectivity index (χ3v) is 3.51. The van der Waals surface area contributed by atoms with Crippen molar-refractivity contribution in [2.45, 2.75) is 86.0 Å². The summed E-state index contributed by atoms with van der Waals surface area (Å²) in [5, 5.41) is 3.34. The van der Waals surface area contributed by atoms with Gasteiger partial charge in [0.1, 0.15) is 6.29 Å². The number of anilines is 1. The lowest BCUT2D eigenvalue weighted by Crippen LogP contribution is -2.01. The number of nitrogens with one attached hydrogen (secondary N) is 1. The second-order valence-corrected chi connectivity index (χ2v) is 5.33. The number of benzene rings is 1. The predicted molar refractivity (Wildman–Crippen MR) is 106 cm³/mol. The fourth-order valence-corrected chi connectivity index (χ4v) is 2.40. The van der Waals surface area contributed by atoms with Crippen LogP contribution in [0.4, 0.5) is 5.69 Å². The van der Waals surface area contributed by atoms with Gasteiger partial charge in [-0.3, -0.25) is 0 Å². The van der Waals surface area contributed by atoms with Gasteiger partial charge < -0.3 is 10.1 Å². The number of aryl methyl sites for hydroxylation is 1. The molecule has 2 nitrogen and oxygen atoms in total. The van der Waals surface area contributed by atoms with E-state index in [1.807, 2.05) is 27.8 Å². The Morgan fingerprint density at radius 3 is 2.09 bits per heavy atom. The molecule has 0 heterocycles. The molecule has 0 saturated carbocycles. The molecular weight excluding hydrogens is 282 g/mol. The number of unbranched alkanes of at least 4 members (excludes halogenated alkanes) is 3. The lowest BCUT2D eigenvalue weighted by molar-refractivity contribution is -0.107. The zero-order valence-electron chi connectivity index (χ0n) is 16.4. The van der Waals surface area contributed by atoms with Crippen LogP contribution in [-0.4, -0.2) is 13.3 Å². The number of hydrogen-bond acceptors (Lipinski definition) is 2. The molecule has 23 heavy (non-hydrogen) atoms. The third kappa shape index (κ3) is 11.9. The Bertz CT molecular complexity index is 374. The molecule has 1 aromatic carbocycles. The Labute approximate surface area is 145 Å². The van der Waals surface area contributed by atoms with Crippen LogP contribution in [0.3, 0.4) is 0 Å². The molecular formula is C21H39NO. The number of aldehydes is 1. The highest BCUT2D eigenvalue weighted by Gasteiger charge is 2.06. The van der Waals surface area contributed by atoms with Gasteiger partial charge in [0.05, 0.1) is 0 Å². The summed E-state index contributed by atoms with van der Waals surface area (Å²) in [5.41, 5.74) is 4.41. The zero-order chi connectivity index (χ0) is 17.9. The smallest absolute Gasteiger partial charge is 0.119 e. The van der Waals surface area contributed by atoms with E-state index in [0.29, 0.717) is 6.42 Å². The fraction of sp³-hybridized carbons (Fsp3) is 0.667. The molecule has 0 amide bonds. The van der Waals surface area contributed by atoms with Crippen LogP contribution >= 0.6 is 0 Å². The van der Waals surface area contributed by atoms with Crippen LogP contribution < -0.4 is 5.32 Å². The van der Waals surface area contributed by atoms with Crippen molar-refractivity contribution in [3.05, 3.63) is 29.3 Å². The maximum absolute atomic E-state index is 9.17. The lowest BCUT2D eigenvalue weighted by atomic mass is 9.96. The first-order valence-electron chi connectivity index (χ1n) is 9.47. The van der Waals surface area contributed by atoms with E-state index >= 15 is 0 Å². The van der Waals surface area contributed by atoms with E-state index < -0.39 is 0 Å². The van der Waals surface area contributed by atoms with Crippen molar-refractivity contribution in [1.82, 2.24) is 0 Å². The Morgan fingerprint density at radius 2 is 1.61 bits per heavy atom. The topological polar surface area (TPSA) is 29.1 Å². The van der Waals surface area contributed by atoms with Crippen LogP contribution in [0.15, 0.2) is 18.2 Å². The van der Waals surface area contributed by atoms with Gasteiger partial charge in [-0.15, -0.1) is 0 Å². The maximum atomic E-state index is 9.17. The van der Waals surface area contributed by atoms with E-state index in [0.717, 1.165) is 6.29 Å². The summed E-state index contributed by atoms with van der Waals surface area (Å²) in [6.07, 6.45) is 10.5. The van der Waals surface area contributed by atoms with Crippen LogP contribution in [-0.2, 0) is 17.6 Å². The second kappa shape index (κ2) is 18.7. The first-order chi connectivity index (χ1) is 11.2. The summed E-state index contributed by atoms with van der Waals surface area (Å²) in [4.78, 5) is 9.17. The standard InChI is InChI=1S/C16H27N.C3H6O.C2H6/c1-4-6-7-8-12-15-14(10-5-2)11-9-13-16(15)17-3;1-2-3-4;1-2/h9,11,13,17H,4-8,10,12H2,1-3H3;3H,2H2,1H3;1-2H3. The minimum atomic E-state index is 0.639. The third-order valence-electron chi connectivity index (χ3n) is 3.51. The van der Waals surface area contributed by atoms with Crippen molar-refractivity contribution in [3.63, 3.8) is 0 Å². The molecule has 0 unspecified atom stereocenters. The molecule has 0 aromatic heterocycles. The van der Waals surface area contributed by atoms with Crippen LogP contribution in [0.5, 0.6) is 0 Å². The lowest BCUT2D eigenvalue weighted by Gasteiger charge is -2.14. The molecule has 0 aliphatic rings. The summed E-state index contributed by atoms with van der Waals surface area (Å²) in [6, 6.07) is 6.67. The molecule has 1 N–H and O–H groups in total. The van der Waals surface area contributed by atoms with Gasteiger partial charge in [-0.2, -0.15) is 0 Å². The molecule has 0 spiro atoms. The molecule has 0 fully saturated rings. The van der Waals surface area contributed by atoms with Gasteiger partial charge in [0.2, 0.25) is 0 Å². The zero-order valence-corrected chi connectivity index (χ0v) is 16.4. The van der Waals surface area contributed by atoms with Crippen molar-refractivity contribution in [1.29, 1.82) is 0 Å². The Kier molecular flexibility index (Phi) is 19.5. The summed E-state index contributed by atoms with van der Waals surface area (Å²) in [7, 11) is 2.03. The maximum Gasteiger partial charge on any atom is 0.119 e. The van der Waals surface area contributed by atoms with Crippen LogP contribution in [0.2, 0.25) is 0 Å². The minimum absolute atomic E-state index is 0.639. The van der Waals surface area contributed by atoms with Crippen molar-refractivity contribution in [2.75, 3.05) is 12.4 Å². The molecule has 0 aliphatic heterocycles. The normalized spacial score (nSPS) is 9.13. The minimum Gasteiger partial charge on any atom is -0.388 e. The van der Waals surface area contributed by atoms with Gasteiger partial charge in [0.25, 0.3) is 0 Å². The van der Waals surface area contributed by atoms with E-state index in [9.17, 15) is 4.79 Å². The number of hydrogen-bond donors (Lipinski definition) is 1. The second-order valence-electron chi connectivity index (χ2n) is 5.33. The highest BCUT2D eigenvalue weighted by Crippen LogP contribution is 2.23. The van der Waals surface area contributed by atoms with Gasteiger partial charge >= 0.3 is 0 Å². The SMILES string of the molecule is CC.CCC=O.CCCCCCc1c(CCC)cccc1NC. The van der Waals surface area contributed by atoms with Gasteiger partial charge in [-0.05, 0) is 36.5 Å². The Balaban J connectivity index is 0. The highest BCUT2D eigenvalue weighted by atomic mass is 16.1. The van der Waals surface area contributed by atoms with E-state index in [-0.39, 0.29) is 0 Å². The molecule has 0 aliphatic carbocycles. The number of carbonyl (C=O) groups excluding carboxylic acids is 1. The van der Waals surface area contributed by atoms with Crippen LogP contribution in [0.25, 0.3) is 0 Å². The van der Waals surface area contributed by atoms with Gasteiger partial charge in [-0.25, -0.2) is 0 Å². The molecule has 0 atom stereocenters. The first-order valence-corrected chi connectivity index (χ1v) is 9.47. The Morgan fingerprint density at radius 1 is 0.957 bits per heavy atom. The summed E-state index contributed by atoms with van der Waals surface area (Å²) >= 11 is 0. The van der Waals surface area contributed by atoms with Crippen LogP contribution in [0.1, 0.15) is 84.3 Å². The average Bonchev–Trinajstić information content (AvgIpc) is 2.61. The fourth-order valence-electron chi connectivity index (χ4n) is 2.40. The monoisotopic (exact) mass is 321 g/mol. The first kappa shape index (κ1) is 23.9. The van der Waals surface area contributed by atoms with Crippen molar-refractivity contribution in [3.8, 4) is 0 Å². The molecule has 0 saturated heterocycles. The number of carbonyl (C=O) groups is 1. The quantitative estimate of drug-likeness (QED) is 0.419. The van der Waals surface area contributed by atoms with Crippen molar-refractivity contribution >= 4 is 12.0 Å². The van der Waals surface area contributed by atoms with E-state index in [1.54, 1.807) is 5.56 Å². The van der Waals surface area contributed by atoms with Crippen LogP contribution in [0, 0.1) is 0 Å². The Hall–Kier alpha value is -1.31.